The van der Waals surface area contributed by atoms with Gasteiger partial charge >= 0.3 is 5.69 Å². The highest BCUT2D eigenvalue weighted by Gasteiger charge is 2.22. The van der Waals surface area contributed by atoms with Gasteiger partial charge in [-0.15, -0.1) is 0 Å². The van der Waals surface area contributed by atoms with Gasteiger partial charge in [0.25, 0.3) is 5.56 Å². The van der Waals surface area contributed by atoms with Crippen LogP contribution in [0.25, 0.3) is 0 Å². The van der Waals surface area contributed by atoms with Gasteiger partial charge in [0, 0.05) is 19.1 Å². The van der Waals surface area contributed by atoms with Crippen molar-refractivity contribution in [3.63, 3.8) is 0 Å². The SMILES string of the molecule is C[C@H](CO)[C@@H](O)[C@@H](O)CNc1[nH]c(=O)[nH]c(=O)c1N. The number of anilines is 2. The highest BCUT2D eigenvalue weighted by atomic mass is 16.3. The number of hydrogen-bond acceptors (Lipinski definition) is 7. The molecule has 108 valence electrons. The van der Waals surface area contributed by atoms with Gasteiger partial charge in [-0.25, -0.2) is 4.79 Å². The van der Waals surface area contributed by atoms with Gasteiger partial charge in [0.2, 0.25) is 0 Å². The summed E-state index contributed by atoms with van der Waals surface area (Å²) in [6, 6.07) is 0. The molecule has 0 aliphatic carbocycles. The van der Waals surface area contributed by atoms with Crippen LogP contribution in [0.15, 0.2) is 9.59 Å². The van der Waals surface area contributed by atoms with Gasteiger partial charge in [-0.1, -0.05) is 6.92 Å². The van der Waals surface area contributed by atoms with E-state index in [1.54, 1.807) is 6.92 Å². The molecule has 3 atom stereocenters. The summed E-state index contributed by atoms with van der Waals surface area (Å²) in [5, 5.41) is 30.7. The molecule has 8 N–H and O–H groups in total. The first-order valence-corrected chi connectivity index (χ1v) is 5.69. The van der Waals surface area contributed by atoms with Crippen molar-refractivity contribution in [2.45, 2.75) is 19.1 Å². The van der Waals surface area contributed by atoms with Crippen molar-refractivity contribution < 1.29 is 15.3 Å². The van der Waals surface area contributed by atoms with Gasteiger partial charge in [0.1, 0.15) is 11.5 Å². The molecule has 9 nitrogen and oxygen atoms in total. The third kappa shape index (κ3) is 3.81. The number of rotatable bonds is 6. The van der Waals surface area contributed by atoms with Crippen molar-refractivity contribution >= 4 is 11.5 Å². The molecule has 1 aromatic rings. The molecule has 0 bridgehead atoms. The van der Waals surface area contributed by atoms with E-state index in [2.05, 4.69) is 10.3 Å². The first-order valence-electron chi connectivity index (χ1n) is 5.69. The van der Waals surface area contributed by atoms with Crippen molar-refractivity contribution in [1.82, 2.24) is 9.97 Å². The van der Waals surface area contributed by atoms with Crippen molar-refractivity contribution in [3.8, 4) is 0 Å². The van der Waals surface area contributed by atoms with Crippen molar-refractivity contribution in [3.05, 3.63) is 20.8 Å². The molecule has 0 amide bonds. The van der Waals surface area contributed by atoms with E-state index in [9.17, 15) is 19.8 Å². The second-order valence-electron chi connectivity index (χ2n) is 4.30. The molecule has 0 aliphatic rings. The zero-order valence-corrected chi connectivity index (χ0v) is 10.4. The zero-order chi connectivity index (χ0) is 14.6. The Morgan fingerprint density at radius 3 is 2.53 bits per heavy atom. The molecule has 1 heterocycles. The van der Waals surface area contributed by atoms with Crippen LogP contribution in [0.3, 0.4) is 0 Å². The molecular weight excluding hydrogens is 256 g/mol. The van der Waals surface area contributed by atoms with Crippen LogP contribution in [0.2, 0.25) is 0 Å². The minimum atomic E-state index is -1.19. The van der Waals surface area contributed by atoms with E-state index in [-0.39, 0.29) is 24.7 Å². The number of nitrogens with one attached hydrogen (secondary N) is 3. The number of aromatic nitrogens is 2. The number of hydrogen-bond donors (Lipinski definition) is 7. The van der Waals surface area contributed by atoms with Crippen LogP contribution in [0.4, 0.5) is 11.5 Å². The Labute approximate surface area is 108 Å². The molecule has 19 heavy (non-hydrogen) atoms. The zero-order valence-electron chi connectivity index (χ0n) is 10.4. The maximum atomic E-state index is 11.2. The summed E-state index contributed by atoms with van der Waals surface area (Å²) in [6.45, 7) is 1.15. The lowest BCUT2D eigenvalue weighted by Crippen LogP contribution is -2.39. The lowest BCUT2D eigenvalue weighted by Gasteiger charge is -2.23. The molecule has 0 saturated heterocycles. The smallest absolute Gasteiger partial charge is 0.327 e. The van der Waals surface area contributed by atoms with E-state index in [1.165, 1.54) is 0 Å². The Hall–Kier alpha value is -1.84. The van der Waals surface area contributed by atoms with E-state index >= 15 is 0 Å². The van der Waals surface area contributed by atoms with Gasteiger partial charge < -0.3 is 26.4 Å². The van der Waals surface area contributed by atoms with Gasteiger partial charge in [0.05, 0.1) is 12.2 Å². The van der Waals surface area contributed by atoms with E-state index in [0.29, 0.717) is 0 Å². The van der Waals surface area contributed by atoms with Crippen molar-refractivity contribution in [2.75, 3.05) is 24.2 Å². The number of aromatic amines is 2. The second-order valence-corrected chi connectivity index (χ2v) is 4.30. The average Bonchev–Trinajstić information content (AvgIpc) is 2.38. The van der Waals surface area contributed by atoms with Gasteiger partial charge in [-0.3, -0.25) is 14.8 Å². The third-order valence-electron chi connectivity index (χ3n) is 2.73. The second kappa shape index (κ2) is 6.36. The maximum Gasteiger partial charge on any atom is 0.327 e. The summed E-state index contributed by atoms with van der Waals surface area (Å²) in [4.78, 5) is 26.5. The fourth-order valence-corrected chi connectivity index (χ4v) is 1.45. The largest absolute Gasteiger partial charge is 0.396 e. The molecule has 0 spiro atoms. The van der Waals surface area contributed by atoms with Crippen LogP contribution in [0.5, 0.6) is 0 Å². The summed E-state index contributed by atoms with van der Waals surface area (Å²) in [6.07, 6.45) is -2.34. The Morgan fingerprint density at radius 2 is 1.95 bits per heavy atom. The summed E-state index contributed by atoms with van der Waals surface area (Å²) in [5.41, 5.74) is 3.73. The summed E-state index contributed by atoms with van der Waals surface area (Å²) >= 11 is 0. The molecule has 0 radical (unpaired) electrons. The number of H-pyrrole nitrogens is 2. The maximum absolute atomic E-state index is 11.2. The Kier molecular flexibility index (Phi) is 5.10. The highest BCUT2D eigenvalue weighted by molar-refractivity contribution is 5.58. The van der Waals surface area contributed by atoms with E-state index in [0.717, 1.165) is 0 Å². The molecule has 0 aliphatic heterocycles. The van der Waals surface area contributed by atoms with Crippen LogP contribution in [0, 0.1) is 5.92 Å². The molecule has 0 unspecified atom stereocenters. The van der Waals surface area contributed by atoms with Crippen LogP contribution in [-0.4, -0.2) is 50.6 Å². The first kappa shape index (κ1) is 15.2. The van der Waals surface area contributed by atoms with Gasteiger partial charge in [-0.2, -0.15) is 0 Å². The molecular formula is C10H18N4O5. The molecule has 1 aromatic heterocycles. The van der Waals surface area contributed by atoms with E-state index in [1.807, 2.05) is 4.98 Å². The summed E-state index contributed by atoms with van der Waals surface area (Å²) < 4.78 is 0. The van der Waals surface area contributed by atoms with E-state index < -0.39 is 29.4 Å². The normalized spacial score (nSPS) is 15.8. The topological polar surface area (TPSA) is 164 Å². The molecule has 9 heteroatoms. The third-order valence-corrected chi connectivity index (χ3v) is 2.73. The predicted octanol–water partition coefficient (Wildman–Crippen LogP) is -2.59. The number of nitrogens with two attached hydrogens (primary N) is 1. The minimum Gasteiger partial charge on any atom is -0.396 e. The Morgan fingerprint density at radius 1 is 1.32 bits per heavy atom. The lowest BCUT2D eigenvalue weighted by molar-refractivity contribution is -0.0200. The fraction of sp³-hybridized carbons (Fsp3) is 0.600. The first-order chi connectivity index (χ1) is 8.86. The molecule has 0 fully saturated rings. The van der Waals surface area contributed by atoms with Crippen molar-refractivity contribution in [2.24, 2.45) is 5.92 Å². The molecule has 1 rings (SSSR count). The quantitative estimate of drug-likeness (QED) is 0.299. The number of aliphatic hydroxyl groups excluding tert-OH is 3. The number of aliphatic hydroxyl groups is 3. The monoisotopic (exact) mass is 274 g/mol. The van der Waals surface area contributed by atoms with Crippen LogP contribution in [0.1, 0.15) is 6.92 Å². The Bertz CT molecular complexity index is 525. The standard InChI is InChI=1S/C10H18N4O5/c1-4(3-15)7(17)5(16)2-12-8-6(11)9(18)14-10(19)13-8/h4-5,7,15-17H,2-3,11H2,1H3,(H3,12,13,14,18,19)/t4-,5+,7-/m1/s1. The fourth-order valence-electron chi connectivity index (χ4n) is 1.45. The van der Waals surface area contributed by atoms with Gasteiger partial charge in [0.15, 0.2) is 0 Å². The van der Waals surface area contributed by atoms with Crippen LogP contribution < -0.4 is 22.3 Å². The molecule has 0 aromatic carbocycles. The van der Waals surface area contributed by atoms with E-state index in [4.69, 9.17) is 10.8 Å². The van der Waals surface area contributed by atoms with Gasteiger partial charge in [-0.05, 0) is 0 Å². The number of nitrogen functional groups attached to an aromatic ring is 1. The summed E-state index contributed by atoms with van der Waals surface area (Å²) in [7, 11) is 0. The predicted molar refractivity (Wildman–Crippen MR) is 68.8 cm³/mol. The molecule has 0 saturated carbocycles. The Balaban J connectivity index is 2.72. The van der Waals surface area contributed by atoms with Crippen LogP contribution >= 0.6 is 0 Å². The lowest BCUT2D eigenvalue weighted by atomic mass is 10.0. The highest BCUT2D eigenvalue weighted by Crippen LogP contribution is 2.10. The van der Waals surface area contributed by atoms with Crippen molar-refractivity contribution in [1.29, 1.82) is 0 Å². The minimum absolute atomic E-state index is 0.0309. The summed E-state index contributed by atoms with van der Waals surface area (Å²) in [5.74, 6) is -0.538. The average molecular weight is 274 g/mol. The van der Waals surface area contributed by atoms with Crippen LogP contribution in [-0.2, 0) is 0 Å².